The Bertz CT molecular complexity index is 1350. The van der Waals surface area contributed by atoms with Gasteiger partial charge in [0.15, 0.2) is 0 Å². The second kappa shape index (κ2) is 10.7. The Kier molecular flexibility index (Phi) is 7.07. The Morgan fingerprint density at radius 2 is 1.49 bits per heavy atom. The molecule has 35 heavy (non-hydrogen) atoms. The minimum absolute atomic E-state index is 0.209. The molecule has 0 aromatic heterocycles. The third-order valence-electron chi connectivity index (χ3n) is 6.23. The van der Waals surface area contributed by atoms with Crippen LogP contribution in [-0.4, -0.2) is 36.9 Å². The van der Waals surface area contributed by atoms with Crippen LogP contribution in [0, 0.1) is 0 Å². The average Bonchev–Trinajstić information content (AvgIpc) is 2.89. The van der Waals surface area contributed by atoms with E-state index in [0.29, 0.717) is 26.0 Å². The number of aliphatic hydroxyl groups is 1. The number of carbonyl (C=O) groups is 1. The molecule has 0 spiro atoms. The van der Waals surface area contributed by atoms with E-state index in [1.165, 1.54) is 32.3 Å². The molecule has 0 fully saturated rings. The fraction of sp³-hybridized carbons (Fsp3) is 0.233. The highest BCUT2D eigenvalue weighted by molar-refractivity contribution is 6.23. The van der Waals surface area contributed by atoms with Crippen LogP contribution in [0.1, 0.15) is 18.4 Å². The summed E-state index contributed by atoms with van der Waals surface area (Å²) in [6.07, 6.45) is 0.209. The molecule has 0 bridgehead atoms. The Morgan fingerprint density at radius 3 is 2.20 bits per heavy atom. The van der Waals surface area contributed by atoms with Crippen LogP contribution in [-0.2, 0) is 20.9 Å². The Balaban J connectivity index is 1.06. The molecule has 0 heterocycles. The quantitative estimate of drug-likeness (QED) is 0.144. The lowest BCUT2D eigenvalue weighted by Crippen LogP contribution is -2.25. The summed E-state index contributed by atoms with van der Waals surface area (Å²) in [5.74, 6) is -0.242. The van der Waals surface area contributed by atoms with Crippen molar-refractivity contribution in [1.82, 2.24) is 0 Å². The molecule has 2 N–H and O–H groups in total. The van der Waals surface area contributed by atoms with Crippen LogP contribution in [0.2, 0.25) is 0 Å². The van der Waals surface area contributed by atoms with Crippen LogP contribution in [0.5, 0.6) is 0 Å². The van der Waals surface area contributed by atoms with Gasteiger partial charge < -0.3 is 19.9 Å². The van der Waals surface area contributed by atoms with E-state index in [1.807, 2.05) is 30.3 Å². The minimum atomic E-state index is -0.647. The first-order chi connectivity index (χ1) is 17.2. The number of benzene rings is 5. The molecule has 1 atom stereocenters. The third kappa shape index (κ3) is 5.53. The molecule has 178 valence electrons. The zero-order chi connectivity index (χ0) is 24.0. The van der Waals surface area contributed by atoms with Crippen LogP contribution in [0.15, 0.2) is 84.9 Å². The van der Waals surface area contributed by atoms with E-state index in [2.05, 4.69) is 59.9 Å². The number of carbonyl (C=O) groups excluding carboxylic acids is 1. The molecule has 0 radical (unpaired) electrons. The van der Waals surface area contributed by atoms with Gasteiger partial charge in [-0.2, -0.15) is 0 Å². The van der Waals surface area contributed by atoms with Crippen molar-refractivity contribution in [2.24, 2.45) is 0 Å². The number of rotatable bonds is 11. The van der Waals surface area contributed by atoms with Gasteiger partial charge in [-0.1, -0.05) is 72.8 Å². The maximum Gasteiger partial charge on any atom is 0.306 e. The van der Waals surface area contributed by atoms with Crippen molar-refractivity contribution < 1.29 is 19.4 Å². The molecule has 0 aliphatic rings. The Labute approximate surface area is 204 Å². The van der Waals surface area contributed by atoms with Crippen LogP contribution in [0.3, 0.4) is 0 Å². The molecule has 5 nitrogen and oxygen atoms in total. The number of aliphatic hydroxyl groups excluding tert-OH is 1. The van der Waals surface area contributed by atoms with E-state index in [4.69, 9.17) is 9.47 Å². The van der Waals surface area contributed by atoms with Gasteiger partial charge >= 0.3 is 5.97 Å². The van der Waals surface area contributed by atoms with E-state index in [-0.39, 0.29) is 19.2 Å². The van der Waals surface area contributed by atoms with Gasteiger partial charge in [-0.3, -0.25) is 4.79 Å². The molecule has 0 saturated heterocycles. The van der Waals surface area contributed by atoms with Gasteiger partial charge in [-0.15, -0.1) is 0 Å². The number of ether oxygens (including phenoxy) is 2. The third-order valence-corrected chi connectivity index (χ3v) is 6.23. The van der Waals surface area contributed by atoms with Crippen LogP contribution >= 0.6 is 0 Å². The summed E-state index contributed by atoms with van der Waals surface area (Å²) >= 11 is 0. The standard InChI is InChI=1S/C30H29NO4/c32-27(20-34-15-5-10-28(33)35-19-21-6-2-1-3-7-21)18-31-26-16-24-13-11-22-8-4-9-23-12-14-25(17-26)30(24)29(22)23/h1-4,6-9,11-14,16-17,27,31-32H,5,10,15,18-20H2. The van der Waals surface area contributed by atoms with Crippen molar-refractivity contribution >= 4 is 44.0 Å². The number of esters is 1. The summed E-state index contributed by atoms with van der Waals surface area (Å²) in [5, 5.41) is 21.1. The summed E-state index contributed by atoms with van der Waals surface area (Å²) in [4.78, 5) is 11.9. The predicted octanol–water partition coefficient (Wildman–Crippen LogP) is 5.90. The molecule has 5 rings (SSSR count). The molecule has 0 saturated carbocycles. The highest BCUT2D eigenvalue weighted by atomic mass is 16.5. The van der Waals surface area contributed by atoms with E-state index in [1.54, 1.807) is 0 Å². The molecule has 1 unspecified atom stereocenters. The summed E-state index contributed by atoms with van der Waals surface area (Å²) in [5.41, 5.74) is 1.94. The zero-order valence-corrected chi connectivity index (χ0v) is 19.6. The maximum atomic E-state index is 11.9. The molecule has 5 heteroatoms. The molecular formula is C30H29NO4. The van der Waals surface area contributed by atoms with E-state index in [9.17, 15) is 9.90 Å². The maximum absolute atomic E-state index is 11.9. The van der Waals surface area contributed by atoms with Crippen molar-refractivity contribution in [2.75, 3.05) is 25.1 Å². The Hall–Kier alpha value is -3.67. The van der Waals surface area contributed by atoms with Gasteiger partial charge in [0.2, 0.25) is 0 Å². The number of hydrogen-bond acceptors (Lipinski definition) is 5. The lowest BCUT2D eigenvalue weighted by molar-refractivity contribution is -0.145. The molecule has 0 aliphatic heterocycles. The fourth-order valence-corrected chi connectivity index (χ4v) is 4.50. The van der Waals surface area contributed by atoms with Crippen molar-refractivity contribution in [3.05, 3.63) is 90.5 Å². The van der Waals surface area contributed by atoms with Crippen molar-refractivity contribution in [1.29, 1.82) is 0 Å². The lowest BCUT2D eigenvalue weighted by Gasteiger charge is -2.16. The summed E-state index contributed by atoms with van der Waals surface area (Å²) < 4.78 is 10.8. The first-order valence-electron chi connectivity index (χ1n) is 12.0. The smallest absolute Gasteiger partial charge is 0.306 e. The van der Waals surface area contributed by atoms with Crippen molar-refractivity contribution in [3.8, 4) is 0 Å². The van der Waals surface area contributed by atoms with Crippen LogP contribution < -0.4 is 5.32 Å². The van der Waals surface area contributed by atoms with Gasteiger partial charge in [0.1, 0.15) is 6.61 Å². The number of hydrogen-bond donors (Lipinski definition) is 2. The van der Waals surface area contributed by atoms with E-state index in [0.717, 1.165) is 11.3 Å². The predicted molar refractivity (Wildman–Crippen MR) is 141 cm³/mol. The van der Waals surface area contributed by atoms with Gasteiger partial charge in [0, 0.05) is 25.3 Å². The first-order valence-corrected chi connectivity index (χ1v) is 12.0. The highest BCUT2D eigenvalue weighted by Gasteiger charge is 2.10. The molecular weight excluding hydrogens is 438 g/mol. The average molecular weight is 468 g/mol. The highest BCUT2D eigenvalue weighted by Crippen LogP contribution is 2.36. The van der Waals surface area contributed by atoms with E-state index < -0.39 is 6.10 Å². The number of nitrogens with one attached hydrogen (secondary N) is 1. The van der Waals surface area contributed by atoms with Crippen molar-refractivity contribution in [2.45, 2.75) is 25.6 Å². The summed E-state index contributed by atoms with van der Waals surface area (Å²) in [7, 11) is 0. The van der Waals surface area contributed by atoms with Gasteiger partial charge in [-0.05, 0) is 56.4 Å². The summed E-state index contributed by atoms with van der Waals surface area (Å²) in [6, 6.07) is 28.9. The van der Waals surface area contributed by atoms with Gasteiger partial charge in [0.25, 0.3) is 0 Å². The normalized spacial score (nSPS) is 12.4. The molecule has 0 aliphatic carbocycles. The monoisotopic (exact) mass is 467 g/mol. The van der Waals surface area contributed by atoms with Gasteiger partial charge in [-0.25, -0.2) is 0 Å². The Morgan fingerprint density at radius 1 is 0.829 bits per heavy atom. The second-order valence-corrected chi connectivity index (χ2v) is 8.87. The van der Waals surface area contributed by atoms with E-state index >= 15 is 0 Å². The summed E-state index contributed by atoms with van der Waals surface area (Å²) in [6.45, 7) is 1.28. The number of anilines is 1. The SMILES string of the molecule is O=C(CCCOCC(O)CNc1cc2ccc3cccc4ccc(c1)c2c34)OCc1ccccc1. The molecule has 0 amide bonds. The van der Waals surface area contributed by atoms with Crippen LogP contribution in [0.25, 0.3) is 32.3 Å². The second-order valence-electron chi connectivity index (χ2n) is 8.87. The van der Waals surface area contributed by atoms with Gasteiger partial charge in [0.05, 0.1) is 12.7 Å². The largest absolute Gasteiger partial charge is 0.461 e. The lowest BCUT2D eigenvalue weighted by atomic mass is 9.94. The minimum Gasteiger partial charge on any atom is -0.461 e. The van der Waals surface area contributed by atoms with Crippen LogP contribution in [0.4, 0.5) is 5.69 Å². The first kappa shape index (κ1) is 23.1. The fourth-order valence-electron chi connectivity index (χ4n) is 4.50. The molecule has 5 aromatic rings. The zero-order valence-electron chi connectivity index (χ0n) is 19.6. The molecule has 5 aromatic carbocycles. The topological polar surface area (TPSA) is 67.8 Å². The van der Waals surface area contributed by atoms with Crippen molar-refractivity contribution in [3.63, 3.8) is 0 Å².